The van der Waals surface area contributed by atoms with Crippen LogP contribution in [-0.2, 0) is 0 Å². The number of nitriles is 1. The Balaban J connectivity index is 1.97. The normalized spacial score (nSPS) is 11.2. The summed E-state index contributed by atoms with van der Waals surface area (Å²) in [6, 6.07) is 16.3. The topological polar surface area (TPSA) is 91.7 Å². The molecule has 0 unspecified atom stereocenters. The van der Waals surface area contributed by atoms with Crippen molar-refractivity contribution in [2.75, 3.05) is 24.7 Å². The first-order chi connectivity index (χ1) is 12.1. The van der Waals surface area contributed by atoms with Gasteiger partial charge in [0.1, 0.15) is 6.07 Å². The van der Waals surface area contributed by atoms with Crippen LogP contribution in [0.2, 0.25) is 0 Å². The fourth-order valence-corrected chi connectivity index (χ4v) is 3.13. The Hall–Kier alpha value is -3.24. The Morgan fingerprint density at radius 1 is 1.12 bits per heavy atom. The maximum absolute atomic E-state index is 9.52. The third kappa shape index (κ3) is 3.82. The van der Waals surface area contributed by atoms with E-state index < -0.39 is 0 Å². The molecule has 0 aliphatic carbocycles. The van der Waals surface area contributed by atoms with Gasteiger partial charge in [0, 0.05) is 23.8 Å². The second kappa shape index (κ2) is 7.11. The lowest BCUT2D eigenvalue weighted by atomic mass is 10.2. The average molecular weight is 348 g/mol. The zero-order chi connectivity index (χ0) is 17.8. The van der Waals surface area contributed by atoms with E-state index in [0.29, 0.717) is 11.5 Å². The molecule has 0 spiro atoms. The quantitative estimate of drug-likeness (QED) is 0.727. The van der Waals surface area contributed by atoms with Gasteiger partial charge in [0.05, 0.1) is 5.57 Å². The van der Waals surface area contributed by atoms with Crippen molar-refractivity contribution in [2.45, 2.75) is 0 Å². The Morgan fingerprint density at radius 2 is 1.88 bits per heavy atom. The summed E-state index contributed by atoms with van der Waals surface area (Å²) in [4.78, 5) is 16.2. The number of nitrogens with zero attached hydrogens (tertiary/aromatic N) is 5. The van der Waals surface area contributed by atoms with E-state index in [1.807, 2.05) is 30.3 Å². The number of hydrogen-bond donors (Lipinski definition) is 1. The molecule has 25 heavy (non-hydrogen) atoms. The number of allylic oxidation sites excluding steroid dienone is 1. The van der Waals surface area contributed by atoms with Crippen molar-refractivity contribution in [2.24, 2.45) is 0 Å². The predicted octanol–water partition coefficient (Wildman–Crippen LogP) is 3.31. The van der Waals surface area contributed by atoms with E-state index in [4.69, 9.17) is 5.73 Å². The summed E-state index contributed by atoms with van der Waals surface area (Å²) >= 11 is 1.60. The molecule has 7 heteroatoms. The summed E-state index contributed by atoms with van der Waals surface area (Å²) in [5.74, 6) is 0.777. The Bertz CT molecular complexity index is 953. The second-order valence-electron chi connectivity index (χ2n) is 5.45. The minimum absolute atomic E-state index is 0.0889. The van der Waals surface area contributed by atoms with E-state index in [2.05, 4.69) is 33.2 Å². The molecule has 0 bridgehead atoms. The SMILES string of the molecule is CN(C)c1nc(N)nc(/C(C#N)=C\c2ccc(-c3ccccc3)s2)n1. The highest BCUT2D eigenvalue weighted by Crippen LogP contribution is 2.30. The zero-order valence-electron chi connectivity index (χ0n) is 13.8. The van der Waals surface area contributed by atoms with Crippen molar-refractivity contribution >= 4 is 34.9 Å². The zero-order valence-corrected chi connectivity index (χ0v) is 14.7. The summed E-state index contributed by atoms with van der Waals surface area (Å²) < 4.78 is 0. The number of hydrogen-bond acceptors (Lipinski definition) is 7. The smallest absolute Gasteiger partial charge is 0.230 e. The molecule has 0 aliphatic heterocycles. The number of anilines is 2. The van der Waals surface area contributed by atoms with Crippen LogP contribution in [0.3, 0.4) is 0 Å². The molecule has 6 nitrogen and oxygen atoms in total. The highest BCUT2D eigenvalue weighted by atomic mass is 32.1. The van der Waals surface area contributed by atoms with Gasteiger partial charge in [0.15, 0.2) is 5.82 Å². The molecular formula is C18H16N6S. The number of thiophene rings is 1. The molecule has 0 radical (unpaired) electrons. The first kappa shape index (κ1) is 16.6. The van der Waals surface area contributed by atoms with E-state index in [1.165, 1.54) is 0 Å². The summed E-state index contributed by atoms with van der Waals surface area (Å²) in [5.41, 5.74) is 7.23. The lowest BCUT2D eigenvalue weighted by Crippen LogP contribution is -2.15. The molecule has 0 fully saturated rings. The Labute approximate surface area is 149 Å². The third-order valence-electron chi connectivity index (χ3n) is 3.37. The molecule has 0 saturated carbocycles. The lowest BCUT2D eigenvalue weighted by Gasteiger charge is -2.10. The Morgan fingerprint density at radius 3 is 2.56 bits per heavy atom. The maximum atomic E-state index is 9.52. The van der Waals surface area contributed by atoms with Crippen LogP contribution in [0.1, 0.15) is 10.7 Å². The van der Waals surface area contributed by atoms with Crippen LogP contribution >= 0.6 is 11.3 Å². The fraction of sp³-hybridized carbons (Fsp3) is 0.111. The summed E-state index contributed by atoms with van der Waals surface area (Å²) in [6.07, 6.45) is 1.77. The standard InChI is InChI=1S/C18H16N6S/c1-24(2)18-22-16(21-17(20)23-18)13(11-19)10-14-8-9-15(25-14)12-6-4-3-5-7-12/h3-10H,1-2H3,(H2,20,21,22,23)/b13-10-. The van der Waals surface area contributed by atoms with E-state index in [0.717, 1.165) is 15.3 Å². The fourth-order valence-electron chi connectivity index (χ4n) is 2.18. The molecule has 0 atom stereocenters. The van der Waals surface area contributed by atoms with Crippen LogP contribution < -0.4 is 10.6 Å². The highest BCUT2D eigenvalue weighted by Gasteiger charge is 2.11. The molecule has 2 heterocycles. The van der Waals surface area contributed by atoms with Crippen LogP contribution in [0, 0.1) is 11.3 Å². The summed E-state index contributed by atoms with van der Waals surface area (Å²) in [7, 11) is 3.61. The lowest BCUT2D eigenvalue weighted by molar-refractivity contribution is 0.952. The molecule has 0 saturated heterocycles. The molecular weight excluding hydrogens is 332 g/mol. The minimum Gasteiger partial charge on any atom is -0.368 e. The van der Waals surface area contributed by atoms with Crippen LogP contribution in [0.15, 0.2) is 42.5 Å². The van der Waals surface area contributed by atoms with Crippen molar-refractivity contribution < 1.29 is 0 Å². The van der Waals surface area contributed by atoms with E-state index >= 15 is 0 Å². The second-order valence-corrected chi connectivity index (χ2v) is 6.56. The number of nitrogens with two attached hydrogens (primary N) is 1. The van der Waals surface area contributed by atoms with Gasteiger partial charge in [-0.05, 0) is 23.8 Å². The summed E-state index contributed by atoms with van der Waals surface area (Å²) in [5, 5.41) is 9.52. The predicted molar refractivity (Wildman–Crippen MR) is 102 cm³/mol. The van der Waals surface area contributed by atoms with Gasteiger partial charge < -0.3 is 10.6 Å². The van der Waals surface area contributed by atoms with Crippen LogP contribution in [-0.4, -0.2) is 29.0 Å². The molecule has 3 aromatic rings. The minimum atomic E-state index is 0.0889. The number of rotatable bonds is 4. The van der Waals surface area contributed by atoms with Crippen LogP contribution in [0.25, 0.3) is 22.1 Å². The van der Waals surface area contributed by atoms with E-state index in [-0.39, 0.29) is 11.8 Å². The van der Waals surface area contributed by atoms with Crippen LogP contribution in [0.5, 0.6) is 0 Å². The van der Waals surface area contributed by atoms with Crippen molar-refractivity contribution in [3.63, 3.8) is 0 Å². The van der Waals surface area contributed by atoms with Gasteiger partial charge in [-0.25, -0.2) is 0 Å². The molecule has 1 aromatic carbocycles. The van der Waals surface area contributed by atoms with Gasteiger partial charge in [-0.15, -0.1) is 11.3 Å². The van der Waals surface area contributed by atoms with Crippen LogP contribution in [0.4, 0.5) is 11.9 Å². The van der Waals surface area contributed by atoms with Crippen molar-refractivity contribution in [3.05, 3.63) is 53.2 Å². The number of aromatic nitrogens is 3. The largest absolute Gasteiger partial charge is 0.368 e. The van der Waals surface area contributed by atoms with Gasteiger partial charge in [0.25, 0.3) is 0 Å². The molecule has 3 rings (SSSR count). The first-order valence-electron chi connectivity index (χ1n) is 7.53. The maximum Gasteiger partial charge on any atom is 0.230 e. The number of benzene rings is 1. The average Bonchev–Trinajstić information content (AvgIpc) is 3.08. The van der Waals surface area contributed by atoms with E-state index in [1.54, 1.807) is 36.4 Å². The van der Waals surface area contributed by atoms with Gasteiger partial charge in [-0.3, -0.25) is 0 Å². The molecule has 2 N–H and O–H groups in total. The monoisotopic (exact) mass is 348 g/mol. The molecule has 2 aromatic heterocycles. The van der Waals surface area contributed by atoms with Crippen molar-refractivity contribution in [1.82, 2.24) is 15.0 Å². The third-order valence-corrected chi connectivity index (χ3v) is 4.46. The van der Waals surface area contributed by atoms with Gasteiger partial charge in [-0.2, -0.15) is 20.2 Å². The molecule has 0 amide bonds. The summed E-state index contributed by atoms with van der Waals surface area (Å²) in [6.45, 7) is 0. The first-order valence-corrected chi connectivity index (χ1v) is 8.35. The Kier molecular flexibility index (Phi) is 4.73. The van der Waals surface area contributed by atoms with Crippen molar-refractivity contribution in [1.29, 1.82) is 5.26 Å². The molecule has 0 aliphatic rings. The van der Waals surface area contributed by atoms with Crippen molar-refractivity contribution in [3.8, 4) is 16.5 Å². The molecule has 124 valence electrons. The number of nitrogen functional groups attached to an aromatic ring is 1. The van der Waals surface area contributed by atoms with Gasteiger partial charge in [0.2, 0.25) is 11.9 Å². The highest BCUT2D eigenvalue weighted by molar-refractivity contribution is 7.16. The van der Waals surface area contributed by atoms with E-state index in [9.17, 15) is 5.26 Å². The van der Waals surface area contributed by atoms with Gasteiger partial charge in [-0.1, -0.05) is 30.3 Å². The van der Waals surface area contributed by atoms with Gasteiger partial charge >= 0.3 is 0 Å².